The summed E-state index contributed by atoms with van der Waals surface area (Å²) in [7, 11) is 2.07. The average Bonchev–Trinajstić information content (AvgIpc) is 2.88. The van der Waals surface area contributed by atoms with Crippen LogP contribution in [0.2, 0.25) is 0 Å². The number of aromatic nitrogens is 2. The van der Waals surface area contributed by atoms with Crippen LogP contribution in [0.3, 0.4) is 0 Å². The fraction of sp³-hybridized carbons (Fsp3) is 0.414. The van der Waals surface area contributed by atoms with Crippen molar-refractivity contribution < 1.29 is 4.79 Å². The van der Waals surface area contributed by atoms with Gasteiger partial charge in [0.2, 0.25) is 0 Å². The van der Waals surface area contributed by atoms with Crippen LogP contribution in [0.4, 0.5) is 5.82 Å². The van der Waals surface area contributed by atoms with Crippen LogP contribution >= 0.6 is 0 Å². The summed E-state index contributed by atoms with van der Waals surface area (Å²) in [6.45, 7) is 7.74. The maximum atomic E-state index is 13.4. The summed E-state index contributed by atoms with van der Waals surface area (Å²) in [6.07, 6.45) is 5.47. The van der Waals surface area contributed by atoms with Crippen LogP contribution in [0.5, 0.6) is 0 Å². The minimum atomic E-state index is 0.0797. The van der Waals surface area contributed by atoms with E-state index >= 15 is 0 Å². The molecule has 34 heavy (non-hydrogen) atoms. The van der Waals surface area contributed by atoms with Crippen LogP contribution in [0.25, 0.3) is 11.4 Å². The predicted octanol–water partition coefficient (Wildman–Crippen LogP) is 5.92. The Morgan fingerprint density at radius 1 is 1.03 bits per heavy atom. The minimum absolute atomic E-state index is 0.0797. The highest BCUT2D eigenvalue weighted by Gasteiger charge is 2.28. The molecule has 0 unspecified atom stereocenters. The molecule has 0 radical (unpaired) electrons. The molecule has 0 atom stereocenters. The van der Waals surface area contributed by atoms with Crippen molar-refractivity contribution in [1.29, 1.82) is 0 Å². The molecule has 1 aliphatic rings. The molecular formula is C29H36N4O. The molecule has 1 aliphatic heterocycles. The summed E-state index contributed by atoms with van der Waals surface area (Å²) in [6, 6.07) is 18.6. The largest absolute Gasteiger partial charge is 0.357 e. The number of carbonyl (C=O) groups excluding carboxylic acids is 1. The van der Waals surface area contributed by atoms with Crippen LogP contribution in [-0.2, 0) is 19.4 Å². The molecule has 4 rings (SSSR count). The maximum absolute atomic E-state index is 13.4. The van der Waals surface area contributed by atoms with Crippen LogP contribution in [0.15, 0.2) is 54.6 Å². The molecule has 0 N–H and O–H groups in total. The van der Waals surface area contributed by atoms with Crippen molar-refractivity contribution in [2.45, 2.75) is 65.5 Å². The van der Waals surface area contributed by atoms with E-state index in [0.717, 1.165) is 46.9 Å². The normalized spacial score (nSPS) is 13.1. The van der Waals surface area contributed by atoms with Crippen LogP contribution in [0, 0.1) is 0 Å². The first-order valence-corrected chi connectivity index (χ1v) is 12.5. The molecule has 2 aromatic carbocycles. The number of carbonyl (C=O) groups is 1. The van der Waals surface area contributed by atoms with Crippen molar-refractivity contribution in [3.05, 3.63) is 77.0 Å². The van der Waals surface area contributed by atoms with Crippen molar-refractivity contribution in [1.82, 2.24) is 14.9 Å². The zero-order valence-corrected chi connectivity index (χ0v) is 20.9. The van der Waals surface area contributed by atoms with Crippen molar-refractivity contribution >= 4 is 11.7 Å². The van der Waals surface area contributed by atoms with Crippen molar-refractivity contribution in [2.24, 2.45) is 0 Å². The lowest BCUT2D eigenvalue weighted by Crippen LogP contribution is -2.38. The molecule has 1 aromatic heterocycles. The average molecular weight is 457 g/mol. The Morgan fingerprint density at radius 2 is 1.76 bits per heavy atom. The summed E-state index contributed by atoms with van der Waals surface area (Å²) < 4.78 is 0. The fourth-order valence-electron chi connectivity index (χ4n) is 4.40. The highest BCUT2D eigenvalue weighted by atomic mass is 16.2. The SMILES string of the molecule is CCCCCc1ccc(C(=O)N2CCc3nc(-c4ccccc4)nc(N(C)C(C)C)c3C2)cc1. The number of nitrogens with zero attached hydrogens (tertiary/aromatic N) is 4. The van der Waals surface area contributed by atoms with E-state index in [1.54, 1.807) is 0 Å². The molecule has 0 saturated carbocycles. The van der Waals surface area contributed by atoms with E-state index in [2.05, 4.69) is 44.9 Å². The Kier molecular flexibility index (Phi) is 7.61. The molecule has 0 spiro atoms. The third-order valence-corrected chi connectivity index (χ3v) is 6.74. The Labute approximate surface area is 203 Å². The summed E-state index contributed by atoms with van der Waals surface area (Å²) in [5.74, 6) is 1.75. The molecular weight excluding hydrogens is 420 g/mol. The van der Waals surface area contributed by atoms with Crippen molar-refractivity contribution in [3.63, 3.8) is 0 Å². The number of fused-ring (bicyclic) bond motifs is 1. The van der Waals surface area contributed by atoms with Gasteiger partial charge >= 0.3 is 0 Å². The number of anilines is 1. The van der Waals surface area contributed by atoms with E-state index in [4.69, 9.17) is 9.97 Å². The third kappa shape index (κ3) is 5.30. The Bertz CT molecular complexity index is 1110. The number of hydrogen-bond donors (Lipinski definition) is 0. The molecule has 0 fully saturated rings. The lowest BCUT2D eigenvalue weighted by molar-refractivity contribution is 0.0733. The molecule has 0 saturated heterocycles. The van der Waals surface area contributed by atoms with Gasteiger partial charge in [0.25, 0.3) is 5.91 Å². The minimum Gasteiger partial charge on any atom is -0.357 e. The quantitative estimate of drug-likeness (QED) is 0.395. The van der Waals surface area contributed by atoms with E-state index in [0.29, 0.717) is 13.1 Å². The zero-order valence-electron chi connectivity index (χ0n) is 20.9. The number of benzene rings is 2. The first-order valence-electron chi connectivity index (χ1n) is 12.5. The second-order valence-electron chi connectivity index (χ2n) is 9.50. The van der Waals surface area contributed by atoms with Crippen LogP contribution < -0.4 is 4.90 Å². The van der Waals surface area contributed by atoms with Crippen LogP contribution in [0.1, 0.15) is 67.2 Å². The van der Waals surface area contributed by atoms with Gasteiger partial charge in [0.1, 0.15) is 5.82 Å². The van der Waals surface area contributed by atoms with Gasteiger partial charge in [0, 0.05) is 42.7 Å². The van der Waals surface area contributed by atoms with E-state index < -0.39 is 0 Å². The first-order chi connectivity index (χ1) is 16.5. The topological polar surface area (TPSA) is 49.3 Å². The molecule has 0 bridgehead atoms. The van der Waals surface area contributed by atoms with E-state index in [-0.39, 0.29) is 11.9 Å². The summed E-state index contributed by atoms with van der Waals surface area (Å²) in [4.78, 5) is 27.4. The molecule has 178 valence electrons. The van der Waals surface area contributed by atoms with E-state index in [1.807, 2.05) is 47.4 Å². The van der Waals surface area contributed by atoms with E-state index in [1.165, 1.54) is 24.8 Å². The number of aryl methyl sites for hydroxylation is 1. The van der Waals surface area contributed by atoms with Gasteiger partial charge in [-0.25, -0.2) is 9.97 Å². The van der Waals surface area contributed by atoms with Gasteiger partial charge in [-0.2, -0.15) is 0 Å². The highest BCUT2D eigenvalue weighted by molar-refractivity contribution is 5.94. The number of hydrogen-bond acceptors (Lipinski definition) is 4. The van der Waals surface area contributed by atoms with Gasteiger partial charge in [-0.05, 0) is 44.4 Å². The van der Waals surface area contributed by atoms with Crippen molar-refractivity contribution in [2.75, 3.05) is 18.5 Å². The van der Waals surface area contributed by atoms with Gasteiger partial charge in [-0.3, -0.25) is 4.79 Å². The summed E-state index contributed by atoms with van der Waals surface area (Å²) in [5.41, 5.74) is 5.18. The number of amides is 1. The Balaban J connectivity index is 1.59. The smallest absolute Gasteiger partial charge is 0.254 e. The van der Waals surface area contributed by atoms with Gasteiger partial charge in [0.05, 0.1) is 12.2 Å². The Morgan fingerprint density at radius 3 is 2.44 bits per heavy atom. The fourth-order valence-corrected chi connectivity index (χ4v) is 4.40. The van der Waals surface area contributed by atoms with Gasteiger partial charge in [-0.15, -0.1) is 0 Å². The molecule has 2 heterocycles. The second-order valence-corrected chi connectivity index (χ2v) is 9.50. The zero-order chi connectivity index (χ0) is 24.1. The lowest BCUT2D eigenvalue weighted by atomic mass is 10.0. The van der Waals surface area contributed by atoms with Crippen LogP contribution in [-0.4, -0.2) is 40.4 Å². The van der Waals surface area contributed by atoms with Gasteiger partial charge in [0.15, 0.2) is 5.82 Å². The standard InChI is InChI=1S/C29H36N4O/c1-5-6-8-11-22-14-16-24(17-15-22)29(34)33-19-18-26-25(20-33)28(32(4)21(2)3)31-27(30-26)23-12-9-7-10-13-23/h7,9-10,12-17,21H,5-6,8,11,18-20H2,1-4H3. The molecule has 3 aromatic rings. The molecule has 5 nitrogen and oxygen atoms in total. The second kappa shape index (κ2) is 10.8. The number of unbranched alkanes of at least 4 members (excludes halogenated alkanes) is 2. The van der Waals surface area contributed by atoms with Gasteiger partial charge in [-0.1, -0.05) is 62.2 Å². The Hall–Kier alpha value is -3.21. The lowest BCUT2D eigenvalue weighted by Gasteiger charge is -2.33. The number of rotatable bonds is 8. The molecule has 1 amide bonds. The van der Waals surface area contributed by atoms with E-state index in [9.17, 15) is 4.79 Å². The molecule has 5 heteroatoms. The monoisotopic (exact) mass is 456 g/mol. The van der Waals surface area contributed by atoms with Gasteiger partial charge < -0.3 is 9.80 Å². The third-order valence-electron chi connectivity index (χ3n) is 6.74. The molecule has 0 aliphatic carbocycles. The summed E-state index contributed by atoms with van der Waals surface area (Å²) in [5, 5.41) is 0. The first kappa shape index (κ1) is 23.9. The van der Waals surface area contributed by atoms with Crippen molar-refractivity contribution in [3.8, 4) is 11.4 Å². The maximum Gasteiger partial charge on any atom is 0.254 e. The predicted molar refractivity (Wildman–Crippen MR) is 139 cm³/mol. The summed E-state index contributed by atoms with van der Waals surface area (Å²) >= 11 is 0. The highest BCUT2D eigenvalue weighted by Crippen LogP contribution is 2.30.